The lowest BCUT2D eigenvalue weighted by Gasteiger charge is -2.38. The largest absolute Gasteiger partial charge is 0.461 e. The van der Waals surface area contributed by atoms with Gasteiger partial charge in [0.25, 0.3) is 0 Å². The summed E-state index contributed by atoms with van der Waals surface area (Å²) in [6.45, 7) is 4.71. The van der Waals surface area contributed by atoms with Crippen LogP contribution in [0.15, 0.2) is 217 Å². The number of benzene rings is 7. The maximum atomic E-state index is 6.65. The van der Waals surface area contributed by atoms with E-state index in [0.717, 1.165) is 37.2 Å². The standard InChI is InChI=1S/C63H52N2OSi/c1-43-29-37-59-55(40-43)61-60(66-59)38-35-53-52-26-14-15-28-57(52)64(62(53)61)46-31-33-50(34-32-46)67(48-21-9-4-10-22-48,49-23-11-5-12-24-49)51-25-17-18-44(41-51)45-30-36-58-54(42-45)56-27-13-6-16-39-63(56,2)65(58)47-19-7-3-8-20-47/h3-5,7-34,36-37,39,41-43,56H,6,35,38,40H2,1-2H3. The minimum atomic E-state index is -2.91. The average Bonchev–Trinajstić information content (AvgIpc) is 3.94. The van der Waals surface area contributed by atoms with Gasteiger partial charge in [-0.1, -0.05) is 177 Å². The Labute approximate surface area is 394 Å². The van der Waals surface area contributed by atoms with Crippen LogP contribution in [0.3, 0.4) is 0 Å². The Kier molecular flexibility index (Phi) is 9.30. The Morgan fingerprint density at radius 2 is 1.28 bits per heavy atom. The molecule has 3 aliphatic carbocycles. The molecule has 9 aromatic rings. The molecule has 67 heavy (non-hydrogen) atoms. The monoisotopic (exact) mass is 880 g/mol. The van der Waals surface area contributed by atoms with Crippen molar-refractivity contribution in [2.24, 2.45) is 5.92 Å². The van der Waals surface area contributed by atoms with Crippen LogP contribution in [-0.2, 0) is 19.3 Å². The molecule has 7 aromatic carbocycles. The van der Waals surface area contributed by atoms with Crippen molar-refractivity contribution >= 4 is 57.2 Å². The first-order valence-corrected chi connectivity index (χ1v) is 26.1. The van der Waals surface area contributed by atoms with Gasteiger partial charge in [-0.3, -0.25) is 0 Å². The van der Waals surface area contributed by atoms with Gasteiger partial charge in [0.05, 0.1) is 16.7 Å². The molecule has 0 saturated carbocycles. The van der Waals surface area contributed by atoms with Gasteiger partial charge < -0.3 is 13.9 Å². The summed E-state index contributed by atoms with van der Waals surface area (Å²) in [6, 6.07) is 69.0. The normalized spacial score (nSPS) is 19.1. The lowest BCUT2D eigenvalue weighted by atomic mass is 9.83. The van der Waals surface area contributed by atoms with Gasteiger partial charge >= 0.3 is 0 Å². The fourth-order valence-electron chi connectivity index (χ4n) is 12.4. The predicted molar refractivity (Wildman–Crippen MR) is 282 cm³/mol. The van der Waals surface area contributed by atoms with Crippen LogP contribution in [0.4, 0.5) is 11.4 Å². The van der Waals surface area contributed by atoms with Gasteiger partial charge in [-0.15, -0.1) is 0 Å². The van der Waals surface area contributed by atoms with Crippen LogP contribution in [0.1, 0.15) is 54.4 Å². The molecular formula is C63H52N2OSi. The van der Waals surface area contributed by atoms with Crippen LogP contribution in [0, 0.1) is 5.92 Å². The van der Waals surface area contributed by atoms with Crippen LogP contribution in [0.25, 0.3) is 45.1 Å². The first-order valence-electron chi connectivity index (χ1n) is 24.1. The van der Waals surface area contributed by atoms with E-state index in [1.807, 2.05) is 0 Å². The van der Waals surface area contributed by atoms with E-state index in [0.29, 0.717) is 5.92 Å². The summed E-state index contributed by atoms with van der Waals surface area (Å²) in [5.41, 5.74) is 14.0. The number of furan rings is 1. The highest BCUT2D eigenvalue weighted by Crippen LogP contribution is 2.54. The molecule has 0 N–H and O–H groups in total. The predicted octanol–water partition coefficient (Wildman–Crippen LogP) is 12.7. The number of hydrogen-bond donors (Lipinski definition) is 0. The van der Waals surface area contributed by atoms with Crippen LogP contribution in [0.2, 0.25) is 0 Å². The highest BCUT2D eigenvalue weighted by atomic mass is 28.3. The molecule has 13 rings (SSSR count). The minimum Gasteiger partial charge on any atom is -0.461 e. The summed E-state index contributed by atoms with van der Waals surface area (Å²) in [5, 5.41) is 6.79. The summed E-state index contributed by atoms with van der Waals surface area (Å²) in [6.07, 6.45) is 17.9. The molecule has 0 saturated heterocycles. The summed E-state index contributed by atoms with van der Waals surface area (Å²) in [7, 11) is -2.91. The van der Waals surface area contributed by atoms with Crippen molar-refractivity contribution < 1.29 is 4.42 Å². The first-order chi connectivity index (χ1) is 33.0. The summed E-state index contributed by atoms with van der Waals surface area (Å²) in [5.74, 6) is 2.87. The maximum Gasteiger partial charge on any atom is 0.179 e. The number of hydrogen-bond acceptors (Lipinski definition) is 2. The van der Waals surface area contributed by atoms with Gasteiger partial charge in [0.1, 0.15) is 11.5 Å². The molecule has 3 nitrogen and oxygen atoms in total. The van der Waals surface area contributed by atoms with Gasteiger partial charge in [-0.2, -0.15) is 0 Å². The molecular weight excluding hydrogens is 829 g/mol. The van der Waals surface area contributed by atoms with Crippen LogP contribution < -0.4 is 25.6 Å². The molecule has 2 aromatic heterocycles. The quantitative estimate of drug-likeness (QED) is 0.0903. The second-order valence-electron chi connectivity index (χ2n) is 19.3. The topological polar surface area (TPSA) is 21.3 Å². The van der Waals surface area contributed by atoms with E-state index in [-0.39, 0.29) is 11.5 Å². The van der Waals surface area contributed by atoms with Gasteiger partial charge in [-0.05, 0) is 124 Å². The zero-order chi connectivity index (χ0) is 44.7. The van der Waals surface area contributed by atoms with Crippen molar-refractivity contribution in [3.05, 3.63) is 241 Å². The highest BCUT2D eigenvalue weighted by Gasteiger charge is 2.47. The van der Waals surface area contributed by atoms with Gasteiger partial charge in [0.2, 0.25) is 0 Å². The summed E-state index contributed by atoms with van der Waals surface area (Å²) < 4.78 is 9.19. The molecule has 1 aliphatic heterocycles. The van der Waals surface area contributed by atoms with E-state index < -0.39 is 8.07 Å². The molecule has 4 aliphatic rings. The molecule has 3 unspecified atom stereocenters. The third-order valence-corrected chi connectivity index (χ3v) is 20.2. The van der Waals surface area contributed by atoms with E-state index >= 15 is 0 Å². The molecule has 3 heterocycles. The Balaban J connectivity index is 0.981. The number of rotatable bonds is 7. The average molecular weight is 881 g/mol. The number of anilines is 2. The van der Waals surface area contributed by atoms with E-state index in [1.165, 1.54) is 87.8 Å². The van der Waals surface area contributed by atoms with Crippen molar-refractivity contribution in [2.75, 3.05) is 4.90 Å². The molecule has 3 atom stereocenters. The van der Waals surface area contributed by atoms with Crippen LogP contribution in [0.5, 0.6) is 0 Å². The summed E-state index contributed by atoms with van der Waals surface area (Å²) in [4.78, 5) is 2.55. The van der Waals surface area contributed by atoms with E-state index in [4.69, 9.17) is 4.42 Å². The first kappa shape index (κ1) is 39.9. The van der Waals surface area contributed by atoms with Crippen molar-refractivity contribution in [1.29, 1.82) is 0 Å². The van der Waals surface area contributed by atoms with E-state index in [2.05, 4.69) is 242 Å². The molecule has 4 heteroatoms. The van der Waals surface area contributed by atoms with Crippen molar-refractivity contribution in [3.8, 4) is 28.1 Å². The van der Waals surface area contributed by atoms with Crippen LogP contribution >= 0.6 is 0 Å². The molecule has 0 radical (unpaired) electrons. The zero-order valence-corrected chi connectivity index (χ0v) is 39.1. The lowest BCUT2D eigenvalue weighted by molar-refractivity contribution is 0.493. The number of fused-ring (bicyclic) bond motifs is 10. The van der Waals surface area contributed by atoms with Crippen LogP contribution in [-0.4, -0.2) is 18.2 Å². The molecule has 324 valence electrons. The Morgan fingerprint density at radius 3 is 2.06 bits per heavy atom. The molecule has 0 fully saturated rings. The van der Waals surface area contributed by atoms with Crippen molar-refractivity contribution in [1.82, 2.24) is 4.57 Å². The second kappa shape index (κ2) is 15.6. The van der Waals surface area contributed by atoms with Crippen molar-refractivity contribution in [2.45, 2.75) is 51.0 Å². The van der Waals surface area contributed by atoms with Gasteiger partial charge in [0, 0.05) is 45.9 Å². The van der Waals surface area contributed by atoms with Gasteiger partial charge in [-0.25, -0.2) is 0 Å². The Hall–Kier alpha value is -7.40. The summed E-state index contributed by atoms with van der Waals surface area (Å²) >= 11 is 0. The molecule has 0 bridgehead atoms. The lowest BCUT2D eigenvalue weighted by Crippen LogP contribution is -2.74. The van der Waals surface area contributed by atoms with E-state index in [9.17, 15) is 0 Å². The fraction of sp³-hybridized carbons (Fsp3) is 0.143. The SMILES string of the molecule is CC1C=Cc2oc3c(c2C1)-c1c(c2ccccc2n1-c1ccc([Si](c2ccccc2)(c2ccccc2)c2cccc(-c4ccc5c(c4)C4C=CCC=CC4(C)N5c4ccccc4)c2)cc1)CC3. The molecule has 0 spiro atoms. The molecule has 0 amide bonds. The van der Waals surface area contributed by atoms with E-state index in [1.54, 1.807) is 0 Å². The second-order valence-corrected chi connectivity index (χ2v) is 23.1. The Morgan fingerprint density at radius 1 is 0.597 bits per heavy atom. The number of nitrogens with zero attached hydrogens (tertiary/aromatic N) is 2. The number of aromatic nitrogens is 1. The smallest absolute Gasteiger partial charge is 0.179 e. The highest BCUT2D eigenvalue weighted by molar-refractivity contribution is 7.19. The zero-order valence-electron chi connectivity index (χ0n) is 38.1. The minimum absolute atomic E-state index is 0.214. The third-order valence-electron chi connectivity index (χ3n) is 15.4. The third kappa shape index (κ3) is 6.09. The van der Waals surface area contributed by atoms with Crippen molar-refractivity contribution in [3.63, 3.8) is 0 Å². The number of aryl methyl sites for hydroxylation is 2. The van der Waals surface area contributed by atoms with Gasteiger partial charge in [0.15, 0.2) is 8.07 Å². The maximum absolute atomic E-state index is 6.65. The number of para-hydroxylation sites is 2. The number of allylic oxidation sites excluding steroid dienone is 3. The Bertz CT molecular complexity index is 3410. The fourth-order valence-corrected chi connectivity index (χ4v) is 17.2.